The van der Waals surface area contributed by atoms with Crippen LogP contribution in [0.2, 0.25) is 0 Å². The fraction of sp³-hybridized carbons (Fsp3) is 0.417. The highest BCUT2D eigenvalue weighted by atomic mass is 32.2. The minimum atomic E-state index is 0.130. The zero-order valence-corrected chi connectivity index (χ0v) is 20.3. The summed E-state index contributed by atoms with van der Waals surface area (Å²) in [6.07, 6.45) is 0.549. The number of hydrogen-bond donors (Lipinski definition) is 1. The number of methoxy groups -OCH3 is 1. The summed E-state index contributed by atoms with van der Waals surface area (Å²) < 4.78 is 6.70. The van der Waals surface area contributed by atoms with E-state index >= 15 is 0 Å². The van der Waals surface area contributed by atoms with Crippen molar-refractivity contribution in [2.75, 3.05) is 57.0 Å². The van der Waals surface area contributed by atoms with E-state index in [2.05, 4.69) is 40.2 Å². The Morgan fingerprint density at radius 1 is 1.16 bits per heavy atom. The van der Waals surface area contributed by atoms with E-state index < -0.39 is 0 Å². The molecule has 32 heavy (non-hydrogen) atoms. The molecule has 1 aromatic heterocycles. The van der Waals surface area contributed by atoms with Crippen LogP contribution in [0.5, 0.6) is 5.75 Å². The maximum atomic E-state index is 12.1. The summed E-state index contributed by atoms with van der Waals surface area (Å²) in [5.74, 6) is 1.77. The van der Waals surface area contributed by atoms with Gasteiger partial charge in [0.05, 0.1) is 11.8 Å². The van der Waals surface area contributed by atoms with Gasteiger partial charge in [0.15, 0.2) is 5.13 Å². The Labute approximate surface area is 198 Å². The Morgan fingerprint density at radius 3 is 2.69 bits per heavy atom. The predicted molar refractivity (Wildman–Crippen MR) is 134 cm³/mol. The van der Waals surface area contributed by atoms with Crippen LogP contribution in [0.25, 0.3) is 10.2 Å². The molecule has 6 nitrogen and oxygen atoms in total. The van der Waals surface area contributed by atoms with Crippen molar-refractivity contribution in [3.05, 3.63) is 48.0 Å². The Balaban J connectivity index is 1.18. The van der Waals surface area contributed by atoms with E-state index in [4.69, 9.17) is 9.72 Å². The van der Waals surface area contributed by atoms with Crippen LogP contribution in [0.15, 0.2) is 47.4 Å². The summed E-state index contributed by atoms with van der Waals surface area (Å²) in [5, 5.41) is 4.13. The van der Waals surface area contributed by atoms with Gasteiger partial charge in [-0.15, -0.1) is 11.8 Å². The molecule has 1 N–H and O–H groups in total. The number of ether oxygens (including phenoxy) is 1. The third-order valence-electron chi connectivity index (χ3n) is 5.65. The van der Waals surface area contributed by atoms with E-state index in [9.17, 15) is 4.79 Å². The number of hydrogen-bond acceptors (Lipinski definition) is 7. The van der Waals surface area contributed by atoms with Crippen LogP contribution in [0.1, 0.15) is 12.0 Å². The maximum absolute atomic E-state index is 12.1. The number of nitrogens with zero attached hydrogens (tertiary/aromatic N) is 3. The number of thiazole rings is 1. The Bertz CT molecular complexity index is 1030. The molecule has 3 aromatic rings. The van der Waals surface area contributed by atoms with Crippen LogP contribution in [0.4, 0.5) is 5.13 Å². The Hall–Kier alpha value is -2.29. The second-order valence-electron chi connectivity index (χ2n) is 7.85. The molecule has 1 fully saturated rings. The molecular formula is C24H30N4O2S2. The lowest BCUT2D eigenvalue weighted by Crippen LogP contribution is -2.48. The number of rotatable bonds is 9. The summed E-state index contributed by atoms with van der Waals surface area (Å²) >= 11 is 3.47. The lowest BCUT2D eigenvalue weighted by molar-refractivity contribution is -0.120. The van der Waals surface area contributed by atoms with Crippen molar-refractivity contribution >= 4 is 44.4 Å². The van der Waals surface area contributed by atoms with Gasteiger partial charge >= 0.3 is 0 Å². The van der Waals surface area contributed by atoms with Gasteiger partial charge in [-0.2, -0.15) is 0 Å². The molecule has 1 aliphatic rings. The average molecular weight is 471 g/mol. The van der Waals surface area contributed by atoms with Crippen LogP contribution in [-0.4, -0.2) is 67.9 Å². The zero-order chi connectivity index (χ0) is 22.3. The second kappa shape index (κ2) is 11.0. The molecule has 0 aliphatic carbocycles. The largest absolute Gasteiger partial charge is 0.494 e. The summed E-state index contributed by atoms with van der Waals surface area (Å²) in [6, 6.07) is 14.3. The van der Waals surface area contributed by atoms with E-state index in [0.29, 0.717) is 13.0 Å². The highest BCUT2D eigenvalue weighted by Crippen LogP contribution is 2.36. The van der Waals surface area contributed by atoms with Crippen molar-refractivity contribution in [2.45, 2.75) is 18.2 Å². The third-order valence-corrected chi connectivity index (χ3v) is 7.91. The summed E-state index contributed by atoms with van der Waals surface area (Å²) in [7, 11) is 1.70. The van der Waals surface area contributed by atoms with Crippen molar-refractivity contribution < 1.29 is 9.53 Å². The molecule has 2 aromatic carbocycles. The van der Waals surface area contributed by atoms with Gasteiger partial charge in [-0.25, -0.2) is 4.98 Å². The van der Waals surface area contributed by atoms with Crippen molar-refractivity contribution in [3.8, 4) is 5.75 Å². The van der Waals surface area contributed by atoms with Gasteiger partial charge in [0, 0.05) is 56.3 Å². The fourth-order valence-corrected chi connectivity index (χ4v) is 5.76. The van der Waals surface area contributed by atoms with Gasteiger partial charge < -0.3 is 15.0 Å². The number of thioether (sulfide) groups is 1. The first-order valence-electron chi connectivity index (χ1n) is 11.0. The van der Waals surface area contributed by atoms with E-state index in [1.807, 2.05) is 24.3 Å². The third kappa shape index (κ3) is 5.74. The van der Waals surface area contributed by atoms with E-state index in [-0.39, 0.29) is 5.91 Å². The minimum Gasteiger partial charge on any atom is -0.494 e. The minimum absolute atomic E-state index is 0.130. The number of amides is 1. The number of aryl methyl sites for hydroxylation is 1. The van der Waals surface area contributed by atoms with Crippen molar-refractivity contribution in [1.29, 1.82) is 0 Å². The molecule has 0 spiro atoms. The van der Waals surface area contributed by atoms with Gasteiger partial charge in [0.2, 0.25) is 5.91 Å². The van der Waals surface area contributed by atoms with Gasteiger partial charge in [0.1, 0.15) is 11.3 Å². The fourth-order valence-electron chi connectivity index (χ4n) is 3.78. The number of fused-ring (bicyclic) bond motifs is 1. The lowest BCUT2D eigenvalue weighted by atomic mass is 10.2. The molecule has 0 saturated carbocycles. The van der Waals surface area contributed by atoms with Crippen molar-refractivity contribution in [2.24, 2.45) is 0 Å². The number of anilines is 1. The Morgan fingerprint density at radius 2 is 1.94 bits per heavy atom. The van der Waals surface area contributed by atoms with Gasteiger partial charge in [-0.3, -0.25) is 9.69 Å². The smallest absolute Gasteiger partial charge is 0.220 e. The SMILES string of the molecule is COc1ccc(C)c2sc(N3CCN(CCNC(=O)CCSc4ccccc4)CC3)nc12. The summed E-state index contributed by atoms with van der Waals surface area (Å²) in [4.78, 5) is 23.0. The molecule has 1 saturated heterocycles. The molecule has 0 unspecified atom stereocenters. The standard InChI is InChI=1S/C24H30N4O2S2/c1-18-8-9-20(30-2)22-23(18)32-24(26-22)28-15-13-27(14-16-28)12-11-25-21(29)10-17-31-19-6-4-3-5-7-19/h3-9H,10-17H2,1-2H3,(H,25,29). The molecule has 8 heteroatoms. The maximum Gasteiger partial charge on any atom is 0.220 e. The van der Waals surface area contributed by atoms with Crippen molar-refractivity contribution in [1.82, 2.24) is 15.2 Å². The normalized spacial score (nSPS) is 14.6. The summed E-state index contributed by atoms with van der Waals surface area (Å²) in [5.41, 5.74) is 2.20. The molecule has 1 amide bonds. The lowest BCUT2D eigenvalue weighted by Gasteiger charge is -2.34. The van der Waals surface area contributed by atoms with E-state index in [1.165, 1.54) is 15.2 Å². The van der Waals surface area contributed by atoms with Gasteiger partial charge in [0.25, 0.3) is 0 Å². The highest BCUT2D eigenvalue weighted by molar-refractivity contribution is 7.99. The first-order chi connectivity index (χ1) is 15.6. The van der Waals surface area contributed by atoms with Crippen LogP contribution >= 0.6 is 23.1 Å². The van der Waals surface area contributed by atoms with Crippen molar-refractivity contribution in [3.63, 3.8) is 0 Å². The molecule has 0 bridgehead atoms. The van der Waals surface area contributed by atoms with Crippen LogP contribution < -0.4 is 15.0 Å². The van der Waals surface area contributed by atoms with E-state index in [1.54, 1.807) is 30.2 Å². The Kier molecular flexibility index (Phi) is 7.89. The first kappa shape index (κ1) is 22.9. The molecule has 1 aliphatic heterocycles. The number of benzene rings is 2. The molecule has 0 atom stereocenters. The summed E-state index contributed by atoms with van der Waals surface area (Å²) in [6.45, 7) is 7.56. The van der Waals surface area contributed by atoms with Crippen LogP contribution in [0, 0.1) is 6.92 Å². The number of aromatic nitrogens is 1. The average Bonchev–Trinajstić information content (AvgIpc) is 3.27. The number of nitrogens with one attached hydrogen (secondary N) is 1. The van der Waals surface area contributed by atoms with Gasteiger partial charge in [-0.05, 0) is 30.7 Å². The highest BCUT2D eigenvalue weighted by Gasteiger charge is 2.21. The molecule has 170 valence electrons. The quantitative estimate of drug-likeness (QED) is 0.477. The predicted octanol–water partition coefficient (Wildman–Crippen LogP) is 4.03. The topological polar surface area (TPSA) is 57.7 Å². The second-order valence-corrected chi connectivity index (χ2v) is 9.99. The molecular weight excluding hydrogens is 440 g/mol. The molecule has 2 heterocycles. The van der Waals surface area contributed by atoms with Gasteiger partial charge in [-0.1, -0.05) is 35.6 Å². The zero-order valence-electron chi connectivity index (χ0n) is 18.7. The van der Waals surface area contributed by atoms with Crippen LogP contribution in [-0.2, 0) is 4.79 Å². The first-order valence-corrected chi connectivity index (χ1v) is 12.8. The number of carbonyl (C=O) groups excluding carboxylic acids is 1. The van der Waals surface area contributed by atoms with E-state index in [0.717, 1.165) is 54.9 Å². The number of piperazine rings is 1. The van der Waals surface area contributed by atoms with Crippen LogP contribution in [0.3, 0.4) is 0 Å². The number of carbonyl (C=O) groups is 1. The molecule has 4 rings (SSSR count). The monoisotopic (exact) mass is 470 g/mol. The molecule has 0 radical (unpaired) electrons.